The second-order valence-electron chi connectivity index (χ2n) is 1.66. The van der Waals surface area contributed by atoms with Crippen molar-refractivity contribution in [2.45, 2.75) is 5.16 Å². The summed E-state index contributed by atoms with van der Waals surface area (Å²) in [7, 11) is 1.52. The van der Waals surface area contributed by atoms with Crippen molar-refractivity contribution in [2.24, 2.45) is 7.05 Å². The van der Waals surface area contributed by atoms with Gasteiger partial charge in [0.05, 0.1) is 0 Å². The fraction of sp³-hybridized carbons (Fsp3) is 0.250. The maximum atomic E-state index is 10.5. The molecule has 5 nitrogen and oxygen atoms in total. The number of nitrogens with zero attached hydrogens (tertiary/aromatic N) is 3. The molecule has 0 spiro atoms. The third-order valence-electron chi connectivity index (χ3n) is 0.927. The summed E-state index contributed by atoms with van der Waals surface area (Å²) in [6.07, 6.45) is 0. The molecule has 0 aliphatic rings. The van der Waals surface area contributed by atoms with Crippen LogP contribution in [0.15, 0.2) is 9.95 Å². The number of aromatic hydroxyl groups is 1. The molecule has 0 atom stereocenters. The number of hydrogen-bond acceptors (Lipinski definition) is 5. The average molecular weight is 183 g/mol. The van der Waals surface area contributed by atoms with Crippen molar-refractivity contribution >= 4 is 42.2 Å². The molecule has 0 radical (unpaired) electrons. The average Bonchev–Trinajstić information content (AvgIpc) is 1.84. The molecule has 0 aliphatic heterocycles. The minimum atomic E-state index is -0.761. The number of hydrogen-bond donors (Lipinski definition) is 2. The van der Waals surface area contributed by atoms with Gasteiger partial charge in [-0.1, -0.05) is 0 Å². The molecule has 0 aromatic carbocycles. The molecule has 0 fully saturated rings. The third-order valence-corrected chi connectivity index (χ3v) is 1.32. The summed E-state index contributed by atoms with van der Waals surface area (Å²) < 4.78 is 1.19. The minimum absolute atomic E-state index is 0. The first-order valence-electron chi connectivity index (χ1n) is 2.44. The molecule has 56 valence electrons. The van der Waals surface area contributed by atoms with E-state index in [-0.39, 0.29) is 34.7 Å². The zero-order valence-electron chi connectivity index (χ0n) is 5.14. The first-order valence-corrected chi connectivity index (χ1v) is 2.89. The Hall–Kier alpha value is -0.0400. The normalized spacial score (nSPS) is 8.91. The number of thiol groups is 1. The molecule has 0 saturated heterocycles. The second kappa shape index (κ2) is 4.10. The predicted octanol–water partition coefficient (Wildman–Crippen LogP) is -1.48. The summed E-state index contributed by atoms with van der Waals surface area (Å²) in [6.45, 7) is 0. The summed E-state index contributed by atoms with van der Waals surface area (Å²) in [5, 5.41) is 12.2. The first-order chi connectivity index (χ1) is 4.61. The molecule has 1 heterocycles. The molecule has 0 amide bonds. The Labute approximate surface area is 90.2 Å². The Bertz CT molecular complexity index is 313. The molecule has 1 N–H and O–H groups in total. The molecular weight excluding hydrogens is 177 g/mol. The van der Waals surface area contributed by atoms with Gasteiger partial charge in [-0.15, -0.1) is 17.7 Å². The summed E-state index contributed by atoms with van der Waals surface area (Å²) in [5.74, 6) is -0.611. The van der Waals surface area contributed by atoms with E-state index in [2.05, 4.69) is 22.7 Å². The standard InChI is InChI=1S/C4H5N3O2S.Na.H/c1-7-4(10)5-2(8)3(9)6-7;;/h1H3,(H,6,9)(H,5,8,10);;. The summed E-state index contributed by atoms with van der Waals surface area (Å²) >= 11 is 3.79. The monoisotopic (exact) mass is 183 g/mol. The molecule has 1 rings (SSSR count). The van der Waals surface area contributed by atoms with Gasteiger partial charge >= 0.3 is 35.1 Å². The molecule has 0 aliphatic carbocycles. The first kappa shape index (κ1) is 11.0. The van der Waals surface area contributed by atoms with Crippen LogP contribution in [0.2, 0.25) is 0 Å². The molecule has 1 aromatic heterocycles. The van der Waals surface area contributed by atoms with E-state index in [4.69, 9.17) is 5.11 Å². The van der Waals surface area contributed by atoms with E-state index in [0.717, 1.165) is 0 Å². The van der Waals surface area contributed by atoms with Crippen LogP contribution < -0.4 is 5.56 Å². The van der Waals surface area contributed by atoms with E-state index in [0.29, 0.717) is 0 Å². The Morgan fingerprint density at radius 3 is 2.64 bits per heavy atom. The van der Waals surface area contributed by atoms with Gasteiger partial charge in [-0.05, 0) is 0 Å². The number of rotatable bonds is 0. The van der Waals surface area contributed by atoms with Crippen LogP contribution in [0.3, 0.4) is 0 Å². The SMILES string of the molecule is Cn1nc(O)c(=O)nc1S.[NaH]. The predicted molar refractivity (Wildman–Crippen MR) is 43.3 cm³/mol. The van der Waals surface area contributed by atoms with Crippen LogP contribution in [0.5, 0.6) is 5.88 Å². The van der Waals surface area contributed by atoms with Crippen molar-refractivity contribution in [3.05, 3.63) is 10.4 Å². The number of aromatic nitrogens is 3. The molecule has 0 saturated carbocycles. The van der Waals surface area contributed by atoms with Crippen LogP contribution >= 0.6 is 12.6 Å². The van der Waals surface area contributed by atoms with Crippen LogP contribution in [-0.4, -0.2) is 49.4 Å². The third kappa shape index (κ3) is 2.48. The molecule has 11 heavy (non-hydrogen) atoms. The zero-order valence-corrected chi connectivity index (χ0v) is 6.04. The van der Waals surface area contributed by atoms with E-state index in [1.54, 1.807) is 0 Å². The van der Waals surface area contributed by atoms with Gasteiger partial charge in [0.15, 0.2) is 5.16 Å². The van der Waals surface area contributed by atoms with E-state index in [1.165, 1.54) is 11.7 Å². The van der Waals surface area contributed by atoms with Gasteiger partial charge < -0.3 is 5.11 Å². The van der Waals surface area contributed by atoms with Crippen molar-refractivity contribution < 1.29 is 5.11 Å². The van der Waals surface area contributed by atoms with Gasteiger partial charge in [0.2, 0.25) is 0 Å². The van der Waals surface area contributed by atoms with Crippen molar-refractivity contribution in [3.8, 4) is 5.88 Å². The van der Waals surface area contributed by atoms with Crippen LogP contribution in [0.4, 0.5) is 0 Å². The molecule has 0 bridgehead atoms. The van der Waals surface area contributed by atoms with Crippen molar-refractivity contribution in [2.75, 3.05) is 0 Å². The Morgan fingerprint density at radius 2 is 2.18 bits per heavy atom. The molecular formula is C4H6N3NaO2S. The van der Waals surface area contributed by atoms with Crippen molar-refractivity contribution in [1.29, 1.82) is 0 Å². The second-order valence-corrected chi connectivity index (χ2v) is 2.06. The molecule has 1 aromatic rings. The van der Waals surface area contributed by atoms with E-state index in [1.807, 2.05) is 0 Å². The molecule has 0 unspecified atom stereocenters. The van der Waals surface area contributed by atoms with E-state index in [9.17, 15) is 4.79 Å². The Morgan fingerprint density at radius 1 is 1.64 bits per heavy atom. The van der Waals surface area contributed by atoms with Crippen LogP contribution in [-0.2, 0) is 7.05 Å². The zero-order chi connectivity index (χ0) is 7.72. The van der Waals surface area contributed by atoms with Gasteiger partial charge in [0.25, 0.3) is 5.88 Å². The van der Waals surface area contributed by atoms with Crippen molar-refractivity contribution in [1.82, 2.24) is 14.8 Å². The quantitative estimate of drug-likeness (QED) is 0.380. The van der Waals surface area contributed by atoms with Gasteiger partial charge in [-0.3, -0.25) is 4.79 Å². The fourth-order valence-electron chi connectivity index (χ4n) is 0.443. The number of aryl methyl sites for hydroxylation is 1. The summed E-state index contributed by atoms with van der Waals surface area (Å²) in [5.41, 5.74) is -0.761. The van der Waals surface area contributed by atoms with E-state index >= 15 is 0 Å². The fourth-order valence-corrected chi connectivity index (χ4v) is 0.578. The van der Waals surface area contributed by atoms with Crippen molar-refractivity contribution in [3.63, 3.8) is 0 Å². The van der Waals surface area contributed by atoms with Crippen LogP contribution in [0.1, 0.15) is 0 Å². The van der Waals surface area contributed by atoms with Gasteiger partial charge in [-0.25, -0.2) is 4.68 Å². The van der Waals surface area contributed by atoms with Crippen LogP contribution in [0, 0.1) is 0 Å². The topological polar surface area (TPSA) is 68.0 Å². The Kier molecular flexibility index (Phi) is 4.09. The molecule has 7 heteroatoms. The Balaban J connectivity index is 0.000001000. The maximum absolute atomic E-state index is 10.5. The van der Waals surface area contributed by atoms with Crippen LogP contribution in [0.25, 0.3) is 0 Å². The van der Waals surface area contributed by atoms with E-state index < -0.39 is 11.4 Å². The van der Waals surface area contributed by atoms with Gasteiger partial charge in [0, 0.05) is 7.05 Å². The summed E-state index contributed by atoms with van der Waals surface area (Å²) in [6, 6.07) is 0. The van der Waals surface area contributed by atoms with Gasteiger partial charge in [0.1, 0.15) is 0 Å². The van der Waals surface area contributed by atoms with Gasteiger partial charge in [-0.2, -0.15) is 4.98 Å². The summed E-state index contributed by atoms with van der Waals surface area (Å²) in [4.78, 5) is 13.8.